The Hall–Kier alpha value is -6.25. The van der Waals surface area contributed by atoms with Crippen molar-refractivity contribution in [2.24, 2.45) is 0 Å². The van der Waals surface area contributed by atoms with Gasteiger partial charge < -0.3 is 0 Å². The Morgan fingerprint density at radius 3 is 1.35 bits per heavy atom. The van der Waals surface area contributed by atoms with Crippen LogP contribution in [-0.4, -0.2) is 9.55 Å². The monoisotopic (exact) mass is 612 g/mol. The van der Waals surface area contributed by atoms with Gasteiger partial charge in [0.05, 0.1) is 11.0 Å². The third-order valence-electron chi connectivity index (χ3n) is 9.54. The molecule has 48 heavy (non-hydrogen) atoms. The quantitative estimate of drug-likeness (QED) is 0.177. The number of rotatable bonds is 5. The van der Waals surface area contributed by atoms with Crippen molar-refractivity contribution in [1.82, 2.24) is 9.55 Å². The number of para-hydroxylation sites is 2. The summed E-state index contributed by atoms with van der Waals surface area (Å²) in [6.45, 7) is 2.08. The fourth-order valence-corrected chi connectivity index (χ4v) is 7.33. The molecule has 0 amide bonds. The van der Waals surface area contributed by atoms with Gasteiger partial charge in [0.25, 0.3) is 0 Å². The highest BCUT2D eigenvalue weighted by molar-refractivity contribution is 6.22. The van der Waals surface area contributed by atoms with Crippen molar-refractivity contribution >= 4 is 32.6 Å². The van der Waals surface area contributed by atoms with Crippen LogP contribution in [0.4, 0.5) is 0 Å². The van der Waals surface area contributed by atoms with E-state index in [4.69, 9.17) is 4.98 Å². The molecule has 8 aromatic carbocycles. The van der Waals surface area contributed by atoms with Gasteiger partial charge in [0, 0.05) is 5.69 Å². The minimum atomic E-state index is 0.980. The average molecular weight is 613 g/mol. The van der Waals surface area contributed by atoms with Crippen LogP contribution in [0.3, 0.4) is 0 Å². The summed E-state index contributed by atoms with van der Waals surface area (Å²) >= 11 is 0. The first-order valence-corrected chi connectivity index (χ1v) is 16.5. The molecule has 0 fully saturated rings. The van der Waals surface area contributed by atoms with Crippen LogP contribution in [0.2, 0.25) is 0 Å². The van der Waals surface area contributed by atoms with E-state index < -0.39 is 0 Å². The third-order valence-corrected chi connectivity index (χ3v) is 9.54. The maximum Gasteiger partial charge on any atom is 0.111 e. The molecule has 0 radical (unpaired) electrons. The third kappa shape index (κ3) is 4.70. The summed E-state index contributed by atoms with van der Waals surface area (Å²) < 4.78 is 2.24. The van der Waals surface area contributed by atoms with E-state index in [1.807, 2.05) is 6.07 Å². The molecular weight excluding hydrogens is 581 g/mol. The number of hydrogen-bond acceptors (Lipinski definition) is 1. The molecule has 0 bridgehead atoms. The first-order valence-electron chi connectivity index (χ1n) is 16.5. The van der Waals surface area contributed by atoms with Crippen molar-refractivity contribution in [2.75, 3.05) is 0 Å². The molecule has 0 saturated heterocycles. The summed E-state index contributed by atoms with van der Waals surface area (Å²) in [7, 11) is 0. The van der Waals surface area contributed by atoms with Gasteiger partial charge in [0.1, 0.15) is 5.82 Å². The lowest BCUT2D eigenvalue weighted by atomic mass is 9.84. The zero-order chi connectivity index (χ0) is 32.0. The molecule has 0 aliphatic carbocycles. The Kier molecular flexibility index (Phi) is 6.72. The number of imidazole rings is 1. The molecule has 2 nitrogen and oxygen atoms in total. The second kappa shape index (κ2) is 11.5. The van der Waals surface area contributed by atoms with E-state index in [0.29, 0.717) is 0 Å². The van der Waals surface area contributed by atoms with Crippen molar-refractivity contribution in [1.29, 1.82) is 0 Å². The number of fused-ring (bicyclic) bond motifs is 3. The minimum absolute atomic E-state index is 0.980. The summed E-state index contributed by atoms with van der Waals surface area (Å²) in [4.78, 5) is 4.83. The molecule has 9 aromatic rings. The lowest BCUT2D eigenvalue weighted by Gasteiger charge is -2.20. The second-order valence-corrected chi connectivity index (χ2v) is 12.4. The standard InChI is InChI=1S/C46H32N2/c1-31-47-43-19-11-12-20-44(43)48(31)38-25-21-35(22-26-38)46-40-28-24-36(32-13-5-2-6-14-32)29-41(40)45(34-17-9-4-10-18-34)39-27-23-37(30-42(39)46)33-15-7-3-8-16-33/h2-30H,1H3. The van der Waals surface area contributed by atoms with Gasteiger partial charge in [-0.05, 0) is 109 Å². The van der Waals surface area contributed by atoms with E-state index in [2.05, 4.69) is 181 Å². The molecule has 0 spiro atoms. The van der Waals surface area contributed by atoms with Gasteiger partial charge in [-0.2, -0.15) is 0 Å². The Morgan fingerprint density at radius 1 is 0.375 bits per heavy atom. The molecule has 0 N–H and O–H groups in total. The van der Waals surface area contributed by atoms with Crippen molar-refractivity contribution in [3.05, 3.63) is 182 Å². The predicted molar refractivity (Wildman–Crippen MR) is 203 cm³/mol. The summed E-state index contributed by atoms with van der Waals surface area (Å²) in [5, 5.41) is 4.97. The van der Waals surface area contributed by atoms with Gasteiger partial charge >= 0.3 is 0 Å². The highest BCUT2D eigenvalue weighted by atomic mass is 15.1. The molecule has 1 aromatic heterocycles. The maximum atomic E-state index is 4.83. The van der Waals surface area contributed by atoms with Gasteiger partial charge in [0.15, 0.2) is 0 Å². The van der Waals surface area contributed by atoms with E-state index in [-0.39, 0.29) is 0 Å². The number of aryl methyl sites for hydroxylation is 1. The van der Waals surface area contributed by atoms with Crippen LogP contribution in [0, 0.1) is 6.92 Å². The SMILES string of the molecule is Cc1nc2ccccc2n1-c1ccc(-c2c3ccc(-c4ccccc4)cc3c(-c3ccccc3)c3ccc(-c4ccccc4)cc23)cc1. The van der Waals surface area contributed by atoms with Crippen LogP contribution in [0.1, 0.15) is 5.82 Å². The van der Waals surface area contributed by atoms with Crippen molar-refractivity contribution in [3.63, 3.8) is 0 Å². The minimum Gasteiger partial charge on any atom is -0.297 e. The Bertz CT molecular complexity index is 2580. The number of nitrogens with zero attached hydrogens (tertiary/aromatic N) is 2. The summed E-state index contributed by atoms with van der Waals surface area (Å²) in [6.07, 6.45) is 0. The van der Waals surface area contributed by atoms with Gasteiger partial charge in [-0.25, -0.2) is 4.98 Å². The highest BCUT2D eigenvalue weighted by Gasteiger charge is 2.19. The molecular formula is C46H32N2. The van der Waals surface area contributed by atoms with Crippen LogP contribution < -0.4 is 0 Å². The zero-order valence-corrected chi connectivity index (χ0v) is 26.6. The molecule has 0 aliphatic rings. The van der Waals surface area contributed by atoms with E-state index in [1.54, 1.807) is 0 Å². The lowest BCUT2D eigenvalue weighted by molar-refractivity contribution is 1.00. The molecule has 0 unspecified atom stereocenters. The molecule has 2 heteroatoms. The summed E-state index contributed by atoms with van der Waals surface area (Å²) in [6, 6.07) is 63.6. The van der Waals surface area contributed by atoms with Gasteiger partial charge in [-0.15, -0.1) is 0 Å². The van der Waals surface area contributed by atoms with Crippen molar-refractivity contribution in [2.45, 2.75) is 6.92 Å². The number of aromatic nitrogens is 2. The predicted octanol–water partition coefficient (Wildman–Crippen LogP) is 12.3. The van der Waals surface area contributed by atoms with Crippen LogP contribution in [0.15, 0.2) is 176 Å². The fraction of sp³-hybridized carbons (Fsp3) is 0.0217. The van der Waals surface area contributed by atoms with Crippen LogP contribution >= 0.6 is 0 Å². The van der Waals surface area contributed by atoms with Crippen molar-refractivity contribution < 1.29 is 0 Å². The smallest absolute Gasteiger partial charge is 0.111 e. The maximum absolute atomic E-state index is 4.83. The van der Waals surface area contributed by atoms with E-state index in [0.717, 1.165) is 22.5 Å². The fourth-order valence-electron chi connectivity index (χ4n) is 7.33. The van der Waals surface area contributed by atoms with Gasteiger partial charge in [0.2, 0.25) is 0 Å². The molecule has 9 rings (SSSR count). The largest absolute Gasteiger partial charge is 0.297 e. The summed E-state index contributed by atoms with van der Waals surface area (Å²) in [5.41, 5.74) is 13.0. The van der Waals surface area contributed by atoms with Crippen LogP contribution in [0.5, 0.6) is 0 Å². The van der Waals surface area contributed by atoms with E-state index in [9.17, 15) is 0 Å². The topological polar surface area (TPSA) is 17.8 Å². The first-order chi connectivity index (χ1) is 23.7. The van der Waals surface area contributed by atoms with Gasteiger partial charge in [-0.3, -0.25) is 4.57 Å². The second-order valence-electron chi connectivity index (χ2n) is 12.4. The average Bonchev–Trinajstić information content (AvgIpc) is 3.50. The molecule has 0 aliphatic heterocycles. The number of hydrogen-bond donors (Lipinski definition) is 0. The molecule has 226 valence electrons. The molecule has 1 heterocycles. The summed E-state index contributed by atoms with van der Waals surface area (Å²) in [5.74, 6) is 0.980. The van der Waals surface area contributed by atoms with E-state index in [1.165, 1.54) is 66.1 Å². The van der Waals surface area contributed by atoms with Crippen LogP contribution in [0.25, 0.3) is 82.8 Å². The molecule has 0 saturated carbocycles. The Balaban J connectivity index is 1.35. The van der Waals surface area contributed by atoms with E-state index >= 15 is 0 Å². The highest BCUT2D eigenvalue weighted by Crippen LogP contribution is 2.46. The zero-order valence-electron chi connectivity index (χ0n) is 26.6. The van der Waals surface area contributed by atoms with Gasteiger partial charge in [-0.1, -0.05) is 140 Å². The van der Waals surface area contributed by atoms with Crippen molar-refractivity contribution in [3.8, 4) is 50.2 Å². The molecule has 0 atom stereocenters. The lowest BCUT2D eigenvalue weighted by Crippen LogP contribution is -1.97. The number of benzene rings is 8. The van der Waals surface area contributed by atoms with Crippen LogP contribution in [-0.2, 0) is 0 Å². The Labute approximate surface area is 280 Å². The first kappa shape index (κ1) is 28.0. The normalized spacial score (nSPS) is 11.4. The Morgan fingerprint density at radius 2 is 0.812 bits per heavy atom.